The van der Waals surface area contributed by atoms with E-state index < -0.39 is 11.8 Å². The maximum atomic E-state index is 13.6. The lowest BCUT2D eigenvalue weighted by Gasteiger charge is -2.07. The summed E-state index contributed by atoms with van der Waals surface area (Å²) in [6, 6.07) is 3.92. The zero-order chi connectivity index (χ0) is 14.5. The van der Waals surface area contributed by atoms with Crippen molar-refractivity contribution in [2.45, 2.75) is 19.9 Å². The molecule has 0 spiro atoms. The van der Waals surface area contributed by atoms with Crippen LogP contribution in [0.4, 0.5) is 10.1 Å². The van der Waals surface area contributed by atoms with Gasteiger partial charge >= 0.3 is 5.97 Å². The predicted octanol–water partition coefficient (Wildman–Crippen LogP) is 2.17. The van der Waals surface area contributed by atoms with Crippen molar-refractivity contribution in [3.63, 3.8) is 0 Å². The number of aryl methyl sites for hydroxylation is 1. The van der Waals surface area contributed by atoms with Crippen LogP contribution in [-0.2, 0) is 17.7 Å². The van der Waals surface area contributed by atoms with Crippen molar-refractivity contribution in [3.8, 4) is 0 Å². The highest BCUT2D eigenvalue weighted by atomic mass is 19.1. The fraction of sp³-hybridized carbons (Fsp3) is 0.308. The topological polar surface area (TPSA) is 77.2 Å². The quantitative estimate of drug-likeness (QED) is 0.845. The molecule has 0 aliphatic rings. The number of aromatic nitrogens is 2. The van der Waals surface area contributed by atoms with Gasteiger partial charge in [-0.2, -0.15) is 4.98 Å². The second-order valence-corrected chi connectivity index (χ2v) is 4.00. The summed E-state index contributed by atoms with van der Waals surface area (Å²) in [5, 5.41) is 6.54. The third-order valence-corrected chi connectivity index (χ3v) is 2.64. The van der Waals surface area contributed by atoms with Gasteiger partial charge < -0.3 is 14.6 Å². The molecule has 20 heavy (non-hydrogen) atoms. The summed E-state index contributed by atoms with van der Waals surface area (Å²) < 4.78 is 23.2. The molecule has 0 fully saturated rings. The smallest absolute Gasteiger partial charge is 0.337 e. The van der Waals surface area contributed by atoms with Crippen LogP contribution in [0.15, 0.2) is 22.7 Å². The van der Waals surface area contributed by atoms with Crippen molar-refractivity contribution in [2.75, 3.05) is 12.4 Å². The Hall–Kier alpha value is -2.44. The van der Waals surface area contributed by atoms with Gasteiger partial charge in [0.2, 0.25) is 5.89 Å². The number of carbonyl (C=O) groups is 1. The number of anilines is 1. The van der Waals surface area contributed by atoms with Crippen molar-refractivity contribution in [1.82, 2.24) is 10.1 Å². The molecule has 0 saturated heterocycles. The van der Waals surface area contributed by atoms with Crippen LogP contribution in [0.2, 0.25) is 0 Å². The molecule has 1 N–H and O–H groups in total. The second kappa shape index (κ2) is 6.14. The van der Waals surface area contributed by atoms with E-state index in [1.165, 1.54) is 25.3 Å². The van der Waals surface area contributed by atoms with Gasteiger partial charge in [0, 0.05) is 6.42 Å². The lowest BCUT2D eigenvalue weighted by molar-refractivity contribution is 0.0600. The van der Waals surface area contributed by atoms with E-state index in [1.807, 2.05) is 6.92 Å². The van der Waals surface area contributed by atoms with E-state index in [4.69, 9.17) is 4.52 Å². The number of esters is 1. The van der Waals surface area contributed by atoms with Gasteiger partial charge in [-0.3, -0.25) is 0 Å². The van der Waals surface area contributed by atoms with E-state index >= 15 is 0 Å². The van der Waals surface area contributed by atoms with Crippen molar-refractivity contribution < 1.29 is 18.4 Å². The highest BCUT2D eigenvalue weighted by Gasteiger charge is 2.11. The summed E-state index contributed by atoms with van der Waals surface area (Å²) in [6.45, 7) is 2.08. The Bertz CT molecular complexity index is 613. The Balaban J connectivity index is 2.10. The number of halogens is 1. The largest absolute Gasteiger partial charge is 0.465 e. The van der Waals surface area contributed by atoms with Gasteiger partial charge in [-0.05, 0) is 18.2 Å². The van der Waals surface area contributed by atoms with Crippen molar-refractivity contribution in [3.05, 3.63) is 41.3 Å². The molecule has 0 bridgehead atoms. The SMILES string of the molecule is CCc1noc(CNc2cc(C(=O)OC)ccc2F)n1. The Morgan fingerprint density at radius 3 is 2.95 bits per heavy atom. The molecule has 0 aliphatic carbocycles. The predicted molar refractivity (Wildman–Crippen MR) is 68.7 cm³/mol. The number of rotatable bonds is 5. The van der Waals surface area contributed by atoms with E-state index in [-0.39, 0.29) is 17.8 Å². The highest BCUT2D eigenvalue weighted by Crippen LogP contribution is 2.17. The van der Waals surface area contributed by atoms with Crippen LogP contribution in [0.1, 0.15) is 29.0 Å². The maximum Gasteiger partial charge on any atom is 0.337 e. The molecule has 0 atom stereocenters. The first-order valence-electron chi connectivity index (χ1n) is 6.07. The van der Waals surface area contributed by atoms with Crippen molar-refractivity contribution >= 4 is 11.7 Å². The van der Waals surface area contributed by atoms with Crippen molar-refractivity contribution in [1.29, 1.82) is 0 Å². The number of nitrogens with one attached hydrogen (secondary N) is 1. The summed E-state index contributed by atoms with van der Waals surface area (Å²) in [6.07, 6.45) is 0.662. The summed E-state index contributed by atoms with van der Waals surface area (Å²) in [4.78, 5) is 15.5. The highest BCUT2D eigenvalue weighted by molar-refractivity contribution is 5.90. The van der Waals surface area contributed by atoms with Crippen LogP contribution in [0.5, 0.6) is 0 Å². The van der Waals surface area contributed by atoms with Crippen LogP contribution in [0.25, 0.3) is 0 Å². The van der Waals surface area contributed by atoms with Crippen LogP contribution in [0.3, 0.4) is 0 Å². The third kappa shape index (κ3) is 3.11. The molecular weight excluding hydrogens is 265 g/mol. The molecule has 0 unspecified atom stereocenters. The van der Waals surface area contributed by atoms with E-state index in [2.05, 4.69) is 20.2 Å². The van der Waals surface area contributed by atoms with E-state index in [9.17, 15) is 9.18 Å². The molecule has 106 valence electrons. The van der Waals surface area contributed by atoms with Gasteiger partial charge in [0.1, 0.15) is 5.82 Å². The van der Waals surface area contributed by atoms with E-state index in [0.29, 0.717) is 18.1 Å². The lowest BCUT2D eigenvalue weighted by atomic mass is 10.2. The zero-order valence-electron chi connectivity index (χ0n) is 11.1. The number of hydrogen-bond donors (Lipinski definition) is 1. The number of methoxy groups -OCH3 is 1. The summed E-state index contributed by atoms with van der Waals surface area (Å²) in [5.74, 6) is -0.0673. The average molecular weight is 279 g/mol. The molecule has 0 amide bonds. The standard InChI is InChI=1S/C13H14FN3O3/c1-3-11-16-12(20-17-11)7-15-10-6-8(13(18)19-2)4-5-9(10)14/h4-6,15H,3,7H2,1-2H3. The molecule has 0 radical (unpaired) electrons. The van der Waals surface area contributed by atoms with Gasteiger partial charge in [-0.25, -0.2) is 9.18 Å². The minimum atomic E-state index is -0.529. The molecule has 1 aromatic carbocycles. The molecule has 7 heteroatoms. The number of ether oxygens (including phenoxy) is 1. The van der Waals surface area contributed by atoms with Crippen LogP contribution < -0.4 is 5.32 Å². The molecule has 1 aromatic heterocycles. The Morgan fingerprint density at radius 1 is 1.50 bits per heavy atom. The Kier molecular flexibility index (Phi) is 4.29. The molecule has 1 heterocycles. The normalized spacial score (nSPS) is 10.3. The monoisotopic (exact) mass is 279 g/mol. The molecule has 0 saturated carbocycles. The fourth-order valence-electron chi connectivity index (χ4n) is 1.58. The minimum Gasteiger partial charge on any atom is -0.465 e. The summed E-state index contributed by atoms with van der Waals surface area (Å²) in [5.41, 5.74) is 0.431. The average Bonchev–Trinajstić information content (AvgIpc) is 2.93. The van der Waals surface area contributed by atoms with Gasteiger partial charge in [0.05, 0.1) is 24.9 Å². The molecular formula is C13H14FN3O3. The zero-order valence-corrected chi connectivity index (χ0v) is 11.1. The van der Waals surface area contributed by atoms with Crippen LogP contribution in [-0.4, -0.2) is 23.2 Å². The van der Waals surface area contributed by atoms with Crippen LogP contribution >= 0.6 is 0 Å². The van der Waals surface area contributed by atoms with Gasteiger partial charge in [0.15, 0.2) is 5.82 Å². The van der Waals surface area contributed by atoms with Crippen LogP contribution in [0, 0.1) is 5.82 Å². The fourth-order valence-corrected chi connectivity index (χ4v) is 1.58. The molecule has 2 rings (SSSR count). The molecule has 0 aliphatic heterocycles. The summed E-state index contributed by atoms with van der Waals surface area (Å²) >= 11 is 0. The lowest BCUT2D eigenvalue weighted by Crippen LogP contribution is -2.06. The molecule has 6 nitrogen and oxygen atoms in total. The summed E-state index contributed by atoms with van der Waals surface area (Å²) in [7, 11) is 1.27. The Morgan fingerprint density at radius 2 is 2.30 bits per heavy atom. The second-order valence-electron chi connectivity index (χ2n) is 4.00. The molecule has 2 aromatic rings. The van der Waals surface area contributed by atoms with Gasteiger partial charge in [-0.15, -0.1) is 0 Å². The Labute approximate surface area is 114 Å². The number of nitrogens with zero attached hydrogens (tertiary/aromatic N) is 2. The van der Waals surface area contributed by atoms with Gasteiger partial charge in [0.25, 0.3) is 0 Å². The van der Waals surface area contributed by atoms with E-state index in [1.54, 1.807) is 0 Å². The number of hydrogen-bond acceptors (Lipinski definition) is 6. The number of benzene rings is 1. The van der Waals surface area contributed by atoms with Gasteiger partial charge in [-0.1, -0.05) is 12.1 Å². The first-order valence-corrected chi connectivity index (χ1v) is 6.07. The minimum absolute atomic E-state index is 0.171. The maximum absolute atomic E-state index is 13.6. The number of carbonyl (C=O) groups excluding carboxylic acids is 1. The first kappa shape index (κ1) is 14.0. The van der Waals surface area contributed by atoms with E-state index in [0.717, 1.165) is 0 Å². The third-order valence-electron chi connectivity index (χ3n) is 2.64. The van der Waals surface area contributed by atoms with Crippen molar-refractivity contribution in [2.24, 2.45) is 0 Å². The first-order chi connectivity index (χ1) is 9.63.